The molecule has 0 bridgehead atoms. The Balaban J connectivity index is 0.000000236. The Kier molecular flexibility index (Phi) is 19.9. The summed E-state index contributed by atoms with van der Waals surface area (Å²) in [7, 11) is 3.19. The van der Waals surface area contributed by atoms with E-state index in [9.17, 15) is 48.6 Å². The van der Waals surface area contributed by atoms with Crippen LogP contribution >= 0.6 is 0 Å². The van der Waals surface area contributed by atoms with E-state index in [1.165, 1.54) is 12.4 Å². The molecule has 8 rings (SSSR count). The quantitative estimate of drug-likeness (QED) is 0.0853. The number of carboxylic acids is 6. The van der Waals surface area contributed by atoms with E-state index >= 15 is 0 Å². The number of hydrogen-bond donors (Lipinski definition) is 10. The maximum atomic E-state index is 12.7. The van der Waals surface area contributed by atoms with Crippen LogP contribution in [0.4, 0.5) is 11.4 Å². The number of benzene rings is 2. The molecule has 0 spiro atoms. The minimum atomic E-state index is -1.79. The number of aliphatic hydroxyl groups excluding tert-OH is 2. The number of carbonyl (C=O) groups is 6. The molecule has 25 heteroatoms. The van der Waals surface area contributed by atoms with E-state index in [-0.39, 0.29) is 40.8 Å². The van der Waals surface area contributed by atoms with Gasteiger partial charge in [0.2, 0.25) is 10.9 Å². The van der Waals surface area contributed by atoms with Gasteiger partial charge in [0.1, 0.15) is 11.1 Å². The fraction of sp³-hybridized carbons (Fsp3) is 0.500. The first-order valence-corrected chi connectivity index (χ1v) is 23.1. The topological polar surface area (TPSA) is 417 Å². The molecule has 0 radical (unpaired) electrons. The van der Waals surface area contributed by atoms with Gasteiger partial charge >= 0.3 is 35.8 Å². The normalized spacial score (nSPS) is 20.0. The van der Waals surface area contributed by atoms with Gasteiger partial charge in [-0.2, -0.15) is 0 Å². The first-order valence-electron chi connectivity index (χ1n) is 23.1. The van der Waals surface area contributed by atoms with Crippen molar-refractivity contribution in [3.05, 3.63) is 68.2 Å². The third-order valence-corrected chi connectivity index (χ3v) is 12.4. The average molecular weight is 1030 g/mol. The van der Waals surface area contributed by atoms with Gasteiger partial charge in [0, 0.05) is 62.7 Å². The molecule has 25 nitrogen and oxygen atoms in total. The number of fused-ring (bicyclic) bond motifs is 2. The molecule has 2 aromatic heterocycles. The molecule has 0 amide bonds. The van der Waals surface area contributed by atoms with Gasteiger partial charge in [-0.05, 0) is 74.6 Å². The summed E-state index contributed by atoms with van der Waals surface area (Å²) in [6.07, 6.45) is 3.71. The zero-order valence-corrected chi connectivity index (χ0v) is 40.7. The van der Waals surface area contributed by atoms with Crippen LogP contribution in [0.3, 0.4) is 0 Å². The Bertz CT molecular complexity index is 2610. The van der Waals surface area contributed by atoms with E-state index in [2.05, 4.69) is 23.6 Å². The van der Waals surface area contributed by atoms with Crippen molar-refractivity contribution in [1.82, 2.24) is 9.13 Å². The van der Waals surface area contributed by atoms with Crippen LogP contribution in [0.5, 0.6) is 11.5 Å². The number of aliphatic hydroxyl groups is 2. The Hall–Kier alpha value is -7.32. The van der Waals surface area contributed by atoms with Crippen molar-refractivity contribution in [2.24, 2.45) is 23.3 Å². The summed E-state index contributed by atoms with van der Waals surface area (Å²) in [6, 6.07) is 7.77. The fourth-order valence-electron chi connectivity index (χ4n) is 9.00. The Morgan fingerprint density at radius 3 is 1.15 bits per heavy atom. The molecule has 14 N–H and O–H groups in total. The van der Waals surface area contributed by atoms with Crippen LogP contribution in [0, 0.1) is 11.8 Å². The SMILES string of the molecule is COc1c(N2CC(C)CC(N)C2)ccc2c(=O)c(C(=O)O)cn(C3CC3)c12.COc1c(N2CC(C)CC(N)C2)ccc2c(=O)c(C(=O)O)cn(C3CC3)c12.O.O=C(O)CC(O)C(=O)O.O=C(O)CC(O)C(=O)O. The molecule has 4 fully saturated rings. The van der Waals surface area contributed by atoms with Crippen LogP contribution in [0.2, 0.25) is 0 Å². The number of nitrogens with zero attached hydrogens (tertiary/aromatic N) is 4. The number of aromatic carboxylic acids is 2. The van der Waals surface area contributed by atoms with Gasteiger partial charge in [0.05, 0.1) is 60.2 Å². The number of pyridine rings is 2. The third kappa shape index (κ3) is 14.4. The molecular weight excluding hydrogens is 965 g/mol. The van der Waals surface area contributed by atoms with Crippen LogP contribution in [0.1, 0.15) is 98.0 Å². The summed E-state index contributed by atoms with van der Waals surface area (Å²) < 4.78 is 15.4. The molecule has 2 aromatic carbocycles. The van der Waals surface area contributed by atoms with Gasteiger partial charge in [-0.1, -0.05) is 13.8 Å². The monoisotopic (exact) mass is 1030 g/mol. The second-order valence-corrected chi connectivity index (χ2v) is 18.6. The van der Waals surface area contributed by atoms with Crippen molar-refractivity contribution in [2.75, 3.05) is 50.2 Å². The molecule has 4 heterocycles. The lowest BCUT2D eigenvalue weighted by atomic mass is 9.95. The van der Waals surface area contributed by atoms with Crippen LogP contribution in [0.15, 0.2) is 46.2 Å². The van der Waals surface area contributed by atoms with E-state index in [4.69, 9.17) is 51.6 Å². The summed E-state index contributed by atoms with van der Waals surface area (Å²) in [5.41, 5.74) is 14.3. The molecular formula is C48H64N6O19. The van der Waals surface area contributed by atoms with Crippen molar-refractivity contribution >= 4 is 69.0 Å². The van der Waals surface area contributed by atoms with Crippen LogP contribution in [-0.2, 0) is 19.2 Å². The third-order valence-electron chi connectivity index (χ3n) is 12.4. The second kappa shape index (κ2) is 24.9. The minimum absolute atomic E-state index is 0. The van der Waals surface area contributed by atoms with E-state index in [0.29, 0.717) is 45.1 Å². The number of hydrogen-bond acceptors (Lipinski definition) is 16. The van der Waals surface area contributed by atoms with Gasteiger partial charge in [-0.15, -0.1) is 0 Å². The highest BCUT2D eigenvalue weighted by molar-refractivity contribution is 5.98. The number of aromatic nitrogens is 2. The summed E-state index contributed by atoms with van der Waals surface area (Å²) in [4.78, 5) is 91.8. The number of piperidine rings is 2. The molecule has 400 valence electrons. The van der Waals surface area contributed by atoms with Gasteiger partial charge in [0.25, 0.3) is 0 Å². The van der Waals surface area contributed by atoms with Crippen molar-refractivity contribution in [1.29, 1.82) is 0 Å². The molecule has 2 saturated heterocycles. The Labute approximate surface area is 416 Å². The van der Waals surface area contributed by atoms with Crippen LogP contribution < -0.4 is 41.6 Å². The van der Waals surface area contributed by atoms with Gasteiger partial charge < -0.3 is 86.2 Å². The molecule has 2 aliphatic heterocycles. The highest BCUT2D eigenvalue weighted by Crippen LogP contribution is 2.44. The first-order chi connectivity index (χ1) is 33.9. The smallest absolute Gasteiger partial charge is 0.341 e. The van der Waals surface area contributed by atoms with E-state index in [1.54, 1.807) is 26.4 Å². The molecule has 4 aromatic rings. The highest BCUT2D eigenvalue weighted by atomic mass is 16.5. The van der Waals surface area contributed by atoms with Crippen LogP contribution in [0.25, 0.3) is 21.8 Å². The maximum absolute atomic E-state index is 12.7. The number of methoxy groups -OCH3 is 2. The van der Waals surface area contributed by atoms with Crippen molar-refractivity contribution in [2.45, 2.75) is 102 Å². The molecule has 6 atom stereocenters. The number of rotatable bonds is 14. The molecule has 73 heavy (non-hydrogen) atoms. The lowest BCUT2D eigenvalue weighted by Crippen LogP contribution is -2.46. The lowest BCUT2D eigenvalue weighted by Gasteiger charge is -2.37. The predicted molar refractivity (Wildman–Crippen MR) is 263 cm³/mol. The molecule has 4 aliphatic rings. The largest absolute Gasteiger partial charge is 0.492 e. The maximum Gasteiger partial charge on any atom is 0.341 e. The standard InChI is InChI=1S/2C20H25N3O4.2C4H6O5.H2O/c2*1-11-7-12(21)9-22(8-11)16-6-5-14-17(19(16)27-2)23(13-3-4-13)10-15(18(14)24)20(25)26;2*5-2(4(8)9)1-3(6)7;/h2*5-6,10-13H,3-4,7-9,21H2,1-2H3,(H,25,26);2*2,5H,1H2,(H,6,7)(H,8,9);1H2. The predicted octanol–water partition coefficient (Wildman–Crippen LogP) is 1.42. The van der Waals surface area contributed by atoms with Crippen molar-refractivity contribution < 1.29 is 84.6 Å². The van der Waals surface area contributed by atoms with Gasteiger partial charge in [-0.3, -0.25) is 19.2 Å². The number of ether oxygens (including phenoxy) is 2. The first kappa shape index (κ1) is 58.3. The van der Waals surface area contributed by atoms with E-state index in [0.717, 1.165) is 76.1 Å². The molecule has 6 unspecified atom stereocenters. The van der Waals surface area contributed by atoms with Crippen molar-refractivity contribution in [3.8, 4) is 11.5 Å². The lowest BCUT2D eigenvalue weighted by molar-refractivity contribution is -0.153. The summed E-state index contributed by atoms with van der Waals surface area (Å²) in [5.74, 6) is -5.91. The zero-order chi connectivity index (χ0) is 53.5. The van der Waals surface area contributed by atoms with E-state index in [1.807, 2.05) is 21.3 Å². The molecule has 2 aliphatic carbocycles. The van der Waals surface area contributed by atoms with Gasteiger partial charge in [-0.25, -0.2) is 19.2 Å². The number of aliphatic carboxylic acids is 4. The number of nitrogens with two attached hydrogens (primary N) is 2. The minimum Gasteiger partial charge on any atom is -0.492 e. The van der Waals surface area contributed by atoms with Gasteiger partial charge in [0.15, 0.2) is 23.7 Å². The van der Waals surface area contributed by atoms with Crippen LogP contribution in [-0.4, -0.2) is 156 Å². The number of carboxylic acid groups (broad SMARTS) is 6. The second-order valence-electron chi connectivity index (χ2n) is 18.6. The number of anilines is 2. The van der Waals surface area contributed by atoms with E-state index < -0.39 is 71.7 Å². The summed E-state index contributed by atoms with van der Waals surface area (Å²) in [5, 5.41) is 67.9. The fourth-order valence-corrected chi connectivity index (χ4v) is 9.00. The molecule has 2 saturated carbocycles. The van der Waals surface area contributed by atoms with Crippen molar-refractivity contribution in [3.63, 3.8) is 0 Å². The summed E-state index contributed by atoms with van der Waals surface area (Å²) in [6.45, 7) is 7.56. The summed E-state index contributed by atoms with van der Waals surface area (Å²) >= 11 is 0. The zero-order valence-electron chi connectivity index (χ0n) is 40.7. The average Bonchev–Trinajstić information content (AvgIpc) is 4.24. The highest BCUT2D eigenvalue weighted by Gasteiger charge is 2.33. The Morgan fingerprint density at radius 2 is 0.918 bits per heavy atom. The Morgan fingerprint density at radius 1 is 0.589 bits per heavy atom.